The fraction of sp³-hybridized carbons (Fsp3) is 0.700. The minimum Gasteiger partial charge on any atom is -0.393 e. The van der Waals surface area contributed by atoms with Gasteiger partial charge in [-0.05, 0) is 51.4 Å². The molecule has 8 heteroatoms. The number of hydrogen-bond acceptors (Lipinski definition) is 7. The zero-order valence-electron chi connectivity index (χ0n) is 16.7. The highest BCUT2D eigenvalue weighted by molar-refractivity contribution is 5.78. The largest absolute Gasteiger partial charge is 0.393 e. The predicted octanol–water partition coefficient (Wildman–Crippen LogP) is 2.12. The van der Waals surface area contributed by atoms with Crippen molar-refractivity contribution >= 4 is 17.7 Å². The lowest BCUT2D eigenvalue weighted by molar-refractivity contribution is -0.133. The number of nitrogens with zero attached hydrogens (tertiary/aromatic N) is 4. The summed E-state index contributed by atoms with van der Waals surface area (Å²) in [4.78, 5) is 22.6. The molecule has 0 aliphatic heterocycles. The number of nitrogens with one attached hydrogen (secondary N) is 2. The fourth-order valence-corrected chi connectivity index (χ4v) is 4.16. The molecule has 3 N–H and O–H groups in total. The summed E-state index contributed by atoms with van der Waals surface area (Å²) in [6.07, 6.45) is 8.17. The molecule has 2 aliphatic carbocycles. The first-order chi connectivity index (χ1) is 13.5. The van der Waals surface area contributed by atoms with E-state index in [1.807, 2.05) is 0 Å². The first-order valence-electron chi connectivity index (χ1n) is 10.2. The number of amides is 1. The Balaban J connectivity index is 1.60. The summed E-state index contributed by atoms with van der Waals surface area (Å²) in [7, 11) is 3.61. The van der Waals surface area contributed by atoms with E-state index >= 15 is 0 Å². The van der Waals surface area contributed by atoms with Crippen LogP contribution in [0.1, 0.15) is 56.9 Å². The second-order valence-corrected chi connectivity index (χ2v) is 8.15. The smallest absolute Gasteiger partial charge is 0.225 e. The van der Waals surface area contributed by atoms with Crippen molar-refractivity contribution < 1.29 is 9.90 Å². The maximum Gasteiger partial charge on any atom is 0.225 e. The number of rotatable bonds is 5. The van der Waals surface area contributed by atoms with E-state index in [-0.39, 0.29) is 30.0 Å². The average molecular weight is 387 g/mol. The van der Waals surface area contributed by atoms with Crippen molar-refractivity contribution in [2.75, 3.05) is 24.7 Å². The molecule has 0 spiro atoms. The summed E-state index contributed by atoms with van der Waals surface area (Å²) in [5, 5.41) is 25.9. The molecule has 1 aromatic rings. The Hall–Kier alpha value is -2.40. The number of aliphatic hydroxyl groups is 1. The van der Waals surface area contributed by atoms with E-state index < -0.39 is 0 Å². The van der Waals surface area contributed by atoms with E-state index in [0.29, 0.717) is 23.8 Å². The van der Waals surface area contributed by atoms with Gasteiger partial charge in [-0.3, -0.25) is 4.79 Å². The van der Waals surface area contributed by atoms with E-state index in [1.165, 1.54) is 6.20 Å². The number of carbonyl (C=O) groups excluding carboxylic acids is 1. The number of aromatic nitrogens is 2. The zero-order valence-corrected chi connectivity index (χ0v) is 16.7. The van der Waals surface area contributed by atoms with Crippen molar-refractivity contribution in [3.8, 4) is 6.07 Å². The summed E-state index contributed by atoms with van der Waals surface area (Å²) < 4.78 is 0. The topological polar surface area (TPSA) is 114 Å². The molecular formula is C20H30N6O2. The minimum atomic E-state index is -0.295. The van der Waals surface area contributed by atoms with Crippen LogP contribution in [0.25, 0.3) is 0 Å². The van der Waals surface area contributed by atoms with Gasteiger partial charge in [-0.1, -0.05) is 0 Å². The fourth-order valence-electron chi connectivity index (χ4n) is 4.16. The Morgan fingerprint density at radius 3 is 2.57 bits per heavy atom. The van der Waals surface area contributed by atoms with Crippen LogP contribution in [0.3, 0.4) is 0 Å². The summed E-state index contributed by atoms with van der Waals surface area (Å²) in [6, 6.07) is 2.48. The molecule has 152 valence electrons. The Morgan fingerprint density at radius 2 is 1.93 bits per heavy atom. The maximum atomic E-state index is 12.1. The molecule has 0 unspecified atom stereocenters. The average Bonchev–Trinajstić information content (AvgIpc) is 2.68. The van der Waals surface area contributed by atoms with Gasteiger partial charge in [0.25, 0.3) is 0 Å². The molecule has 2 atom stereocenters. The molecule has 1 amide bonds. The standard InChI is InChI=1S/C20H30N6O2/c1-26(2)19(28)13-6-8-15(9-7-13)24-20-22-12-14(11-21)18(25-20)23-16-4-3-5-17(27)10-16/h12-13,15-17,27H,3-10H2,1-2H3,(H2,22,23,24,25)/t13?,15?,16-,17+/m1/s1. The van der Waals surface area contributed by atoms with Crippen LogP contribution in [0.2, 0.25) is 0 Å². The number of carbonyl (C=O) groups is 1. The molecule has 2 aliphatic rings. The minimum absolute atomic E-state index is 0.102. The second-order valence-electron chi connectivity index (χ2n) is 8.15. The summed E-state index contributed by atoms with van der Waals surface area (Å²) >= 11 is 0. The Kier molecular flexibility index (Phi) is 6.68. The molecular weight excluding hydrogens is 356 g/mol. The van der Waals surface area contributed by atoms with Crippen LogP contribution >= 0.6 is 0 Å². The number of nitriles is 1. The molecule has 0 radical (unpaired) electrons. The lowest BCUT2D eigenvalue weighted by atomic mass is 9.85. The van der Waals surface area contributed by atoms with E-state index in [4.69, 9.17) is 0 Å². The summed E-state index contributed by atoms with van der Waals surface area (Å²) in [5.74, 6) is 1.33. The van der Waals surface area contributed by atoms with Crippen LogP contribution in [0.4, 0.5) is 11.8 Å². The predicted molar refractivity (Wildman–Crippen MR) is 107 cm³/mol. The molecule has 1 heterocycles. The van der Waals surface area contributed by atoms with Crippen molar-refractivity contribution in [3.63, 3.8) is 0 Å². The van der Waals surface area contributed by atoms with Crippen LogP contribution in [0.15, 0.2) is 6.20 Å². The van der Waals surface area contributed by atoms with E-state index in [0.717, 1.165) is 44.9 Å². The molecule has 28 heavy (non-hydrogen) atoms. The quantitative estimate of drug-likeness (QED) is 0.710. The van der Waals surface area contributed by atoms with Crippen molar-refractivity contribution in [3.05, 3.63) is 11.8 Å². The summed E-state index contributed by atoms with van der Waals surface area (Å²) in [5.41, 5.74) is 0.408. The first-order valence-corrected chi connectivity index (χ1v) is 10.2. The third-order valence-corrected chi connectivity index (χ3v) is 5.75. The molecule has 0 bridgehead atoms. The highest BCUT2D eigenvalue weighted by Crippen LogP contribution is 2.28. The normalized spacial score (nSPS) is 27.5. The van der Waals surface area contributed by atoms with Crippen LogP contribution in [-0.4, -0.2) is 58.2 Å². The molecule has 3 rings (SSSR count). The molecule has 0 saturated heterocycles. The third-order valence-electron chi connectivity index (χ3n) is 5.75. The number of hydrogen-bond donors (Lipinski definition) is 3. The van der Waals surface area contributed by atoms with Crippen molar-refractivity contribution in [2.24, 2.45) is 5.92 Å². The van der Waals surface area contributed by atoms with Crippen LogP contribution in [-0.2, 0) is 4.79 Å². The van der Waals surface area contributed by atoms with Crippen LogP contribution in [0.5, 0.6) is 0 Å². The van der Waals surface area contributed by atoms with Crippen molar-refractivity contribution in [1.29, 1.82) is 5.26 Å². The van der Waals surface area contributed by atoms with Gasteiger partial charge in [-0.15, -0.1) is 0 Å². The molecule has 1 aromatic heterocycles. The van der Waals surface area contributed by atoms with Crippen LogP contribution < -0.4 is 10.6 Å². The Labute approximate surface area is 166 Å². The van der Waals surface area contributed by atoms with Gasteiger partial charge in [0.15, 0.2) is 0 Å². The first kappa shape index (κ1) is 20.3. The Morgan fingerprint density at radius 1 is 1.18 bits per heavy atom. The van der Waals surface area contributed by atoms with E-state index in [2.05, 4.69) is 26.7 Å². The van der Waals surface area contributed by atoms with Crippen molar-refractivity contribution in [2.45, 2.75) is 69.6 Å². The van der Waals surface area contributed by atoms with Gasteiger partial charge in [0.1, 0.15) is 17.5 Å². The maximum absolute atomic E-state index is 12.1. The van der Waals surface area contributed by atoms with Crippen LogP contribution in [0, 0.1) is 17.2 Å². The third kappa shape index (κ3) is 5.10. The zero-order chi connectivity index (χ0) is 20.1. The van der Waals surface area contributed by atoms with Gasteiger partial charge in [0.2, 0.25) is 11.9 Å². The molecule has 2 saturated carbocycles. The highest BCUT2D eigenvalue weighted by Gasteiger charge is 2.28. The summed E-state index contributed by atoms with van der Waals surface area (Å²) in [6.45, 7) is 0. The van der Waals surface area contributed by atoms with Gasteiger partial charge in [-0.2, -0.15) is 10.2 Å². The molecule has 8 nitrogen and oxygen atoms in total. The lowest BCUT2D eigenvalue weighted by Gasteiger charge is -2.30. The van der Waals surface area contributed by atoms with E-state index in [9.17, 15) is 15.2 Å². The van der Waals surface area contributed by atoms with Gasteiger partial charge in [0, 0.05) is 32.1 Å². The van der Waals surface area contributed by atoms with E-state index in [1.54, 1.807) is 19.0 Å². The highest BCUT2D eigenvalue weighted by atomic mass is 16.3. The lowest BCUT2D eigenvalue weighted by Crippen LogP contribution is -2.35. The number of aliphatic hydroxyl groups excluding tert-OH is 1. The monoisotopic (exact) mass is 386 g/mol. The Bertz CT molecular complexity index is 724. The SMILES string of the molecule is CN(C)C(=O)C1CCC(Nc2ncc(C#N)c(N[C@@H]3CCC[C@H](O)C3)n2)CC1. The molecule has 0 aromatic carbocycles. The van der Waals surface area contributed by atoms with Gasteiger partial charge in [0.05, 0.1) is 12.3 Å². The van der Waals surface area contributed by atoms with Gasteiger partial charge in [-0.25, -0.2) is 4.98 Å². The number of anilines is 2. The van der Waals surface area contributed by atoms with Crippen molar-refractivity contribution in [1.82, 2.24) is 14.9 Å². The van der Waals surface area contributed by atoms with Gasteiger partial charge < -0.3 is 20.6 Å². The molecule has 2 fully saturated rings. The van der Waals surface area contributed by atoms with Gasteiger partial charge >= 0.3 is 0 Å². The second kappa shape index (κ2) is 9.20.